The van der Waals surface area contributed by atoms with Crippen LogP contribution in [-0.2, 0) is 21.4 Å². The number of rotatable bonds is 11. The third-order valence-electron chi connectivity index (χ3n) is 12.3. The van der Waals surface area contributed by atoms with E-state index in [0.29, 0.717) is 36.0 Å². The van der Waals surface area contributed by atoms with Gasteiger partial charge in [0.25, 0.3) is 0 Å². The van der Waals surface area contributed by atoms with Crippen molar-refractivity contribution < 1.29 is 24.2 Å². The minimum Gasteiger partial charge on any atom is -0.483 e. The van der Waals surface area contributed by atoms with Crippen LogP contribution in [0.3, 0.4) is 0 Å². The van der Waals surface area contributed by atoms with Crippen molar-refractivity contribution in [2.75, 3.05) is 19.6 Å². The molecule has 2 unspecified atom stereocenters. The summed E-state index contributed by atoms with van der Waals surface area (Å²) in [5.74, 6) is 3.31. The zero-order valence-corrected chi connectivity index (χ0v) is 27.3. The summed E-state index contributed by atoms with van der Waals surface area (Å²) in [6, 6.07) is 4.51. The van der Waals surface area contributed by atoms with Crippen molar-refractivity contribution in [1.82, 2.24) is 9.80 Å². The molecule has 2 heterocycles. The Kier molecular flexibility index (Phi) is 8.49. The van der Waals surface area contributed by atoms with Crippen molar-refractivity contribution in [3.63, 3.8) is 0 Å². The second-order valence-corrected chi connectivity index (χ2v) is 15.6. The van der Waals surface area contributed by atoms with Crippen LogP contribution in [0.2, 0.25) is 0 Å². The zero-order chi connectivity index (χ0) is 30.6. The minimum atomic E-state index is -0.332. The van der Waals surface area contributed by atoms with Gasteiger partial charge in [0.1, 0.15) is 6.10 Å². The normalized spacial score (nSPS) is 33.9. The molecule has 7 rings (SSSR count). The Labute approximate surface area is 264 Å². The maximum atomic E-state index is 14.1. The number of piperidine rings is 1. The van der Waals surface area contributed by atoms with Gasteiger partial charge in [-0.3, -0.25) is 14.5 Å². The number of hydrogen-bond donors (Lipinski definition) is 1. The van der Waals surface area contributed by atoms with E-state index < -0.39 is 0 Å². The Balaban J connectivity index is 1.16. The van der Waals surface area contributed by atoms with Crippen molar-refractivity contribution in [1.29, 1.82) is 0 Å². The van der Waals surface area contributed by atoms with Gasteiger partial charge in [0.2, 0.25) is 5.91 Å². The number of amides is 1. The summed E-state index contributed by atoms with van der Waals surface area (Å²) in [4.78, 5) is 31.1. The van der Waals surface area contributed by atoms with E-state index in [1.54, 1.807) is 0 Å². The molecule has 44 heavy (non-hydrogen) atoms. The molecule has 242 valence electrons. The highest BCUT2D eigenvalue weighted by molar-refractivity contribution is 5.77. The molecule has 1 saturated heterocycles. The van der Waals surface area contributed by atoms with Gasteiger partial charge in [-0.15, -0.1) is 0 Å². The Morgan fingerprint density at radius 3 is 2.66 bits per heavy atom. The van der Waals surface area contributed by atoms with Crippen LogP contribution in [0.15, 0.2) is 12.1 Å². The number of benzene rings is 1. The lowest BCUT2D eigenvalue weighted by Crippen LogP contribution is -2.69. The van der Waals surface area contributed by atoms with Crippen molar-refractivity contribution >= 4 is 11.9 Å². The number of likely N-dealkylation sites (tertiary alicyclic amines) is 1. The molecule has 0 radical (unpaired) electrons. The van der Waals surface area contributed by atoms with Crippen LogP contribution in [0.4, 0.5) is 0 Å². The van der Waals surface area contributed by atoms with Gasteiger partial charge >= 0.3 is 5.97 Å². The van der Waals surface area contributed by atoms with Crippen LogP contribution in [0.5, 0.6) is 11.5 Å². The molecule has 2 bridgehead atoms. The third-order valence-corrected chi connectivity index (χ3v) is 12.3. The zero-order valence-electron chi connectivity index (χ0n) is 27.3. The molecule has 4 aliphatic carbocycles. The van der Waals surface area contributed by atoms with Gasteiger partial charge in [-0.05, 0) is 74.5 Å². The average molecular weight is 607 g/mol. The molecule has 1 aromatic rings. The lowest BCUT2D eigenvalue weighted by atomic mass is 9.51. The molecule has 1 aromatic carbocycles. The van der Waals surface area contributed by atoms with Gasteiger partial charge < -0.3 is 19.5 Å². The fourth-order valence-electron chi connectivity index (χ4n) is 10.2. The van der Waals surface area contributed by atoms with Gasteiger partial charge in [0.15, 0.2) is 11.5 Å². The van der Waals surface area contributed by atoms with Crippen LogP contribution < -0.4 is 9.47 Å². The number of carbonyl (C=O) groups excluding carboxylic acids is 2. The van der Waals surface area contributed by atoms with Crippen LogP contribution >= 0.6 is 0 Å². The van der Waals surface area contributed by atoms with E-state index in [-0.39, 0.29) is 35.5 Å². The molecule has 1 amide bonds. The summed E-state index contributed by atoms with van der Waals surface area (Å²) in [5.41, 5.74) is 2.40. The first-order valence-corrected chi connectivity index (χ1v) is 18.0. The first-order valence-electron chi connectivity index (χ1n) is 18.0. The third kappa shape index (κ3) is 5.48. The smallest absolute Gasteiger partial charge is 0.308 e. The van der Waals surface area contributed by atoms with E-state index >= 15 is 0 Å². The fourth-order valence-corrected chi connectivity index (χ4v) is 10.2. The summed E-state index contributed by atoms with van der Waals surface area (Å²) in [6.45, 7) is 8.59. The highest BCUT2D eigenvalue weighted by Crippen LogP contribution is 2.64. The number of aliphatic hydroxyl groups excluding tert-OH is 1. The Hall–Kier alpha value is -2.12. The number of unbranched alkanes of at least 4 members (excludes halogenated alkanes) is 1. The number of carbonyl (C=O) groups is 2. The lowest BCUT2D eigenvalue weighted by Gasteiger charge is -2.60. The maximum absolute atomic E-state index is 14.1. The standard InChI is InChI=1S/C37H54N2O5/c1-23(2)21-39(33(42)12-8-7-11-25-9-5-4-6-10-25)29-15-14-28-30-19-26-13-16-32(43-24(3)40)35-34(26)37(28,36(29)44-35)17-18-38(30)22-27-20-31(27)41/h13,16,23,25,27-31,36,41H,4-12,14-15,17-22H2,1-3H3/t27?,28-,29+,30+,31?,36-,37-/m0/s1. The van der Waals surface area contributed by atoms with E-state index in [9.17, 15) is 14.7 Å². The fraction of sp³-hybridized carbons (Fsp3) is 0.784. The molecule has 6 aliphatic rings. The molecule has 7 heteroatoms. The predicted molar refractivity (Wildman–Crippen MR) is 170 cm³/mol. The van der Waals surface area contributed by atoms with Crippen LogP contribution in [0.1, 0.15) is 115 Å². The highest BCUT2D eigenvalue weighted by Gasteiger charge is 2.67. The van der Waals surface area contributed by atoms with E-state index in [1.165, 1.54) is 56.6 Å². The van der Waals surface area contributed by atoms with Crippen LogP contribution in [0, 0.1) is 23.7 Å². The summed E-state index contributed by atoms with van der Waals surface area (Å²) < 4.78 is 12.8. The predicted octanol–water partition coefficient (Wildman–Crippen LogP) is 6.03. The van der Waals surface area contributed by atoms with Crippen LogP contribution in [-0.4, -0.2) is 70.7 Å². The van der Waals surface area contributed by atoms with Crippen molar-refractivity contribution in [2.24, 2.45) is 23.7 Å². The van der Waals surface area contributed by atoms with Crippen LogP contribution in [0.25, 0.3) is 0 Å². The topological polar surface area (TPSA) is 79.3 Å². The van der Waals surface area contributed by atoms with E-state index in [4.69, 9.17) is 9.47 Å². The maximum Gasteiger partial charge on any atom is 0.308 e. The first kappa shape index (κ1) is 30.5. The number of esters is 1. The Bertz CT molecular complexity index is 1240. The number of aliphatic hydroxyl groups is 1. The molecule has 1 N–H and O–H groups in total. The molecular weight excluding hydrogens is 552 g/mol. The molecule has 0 aromatic heterocycles. The largest absolute Gasteiger partial charge is 0.483 e. The molecule has 2 aliphatic heterocycles. The van der Waals surface area contributed by atoms with Crippen molar-refractivity contribution in [2.45, 2.75) is 140 Å². The Morgan fingerprint density at radius 1 is 1.14 bits per heavy atom. The van der Waals surface area contributed by atoms with Gasteiger partial charge in [0, 0.05) is 49.4 Å². The summed E-state index contributed by atoms with van der Waals surface area (Å²) >= 11 is 0. The van der Waals surface area contributed by atoms with E-state index in [0.717, 1.165) is 76.2 Å². The van der Waals surface area contributed by atoms with Crippen molar-refractivity contribution in [3.8, 4) is 11.5 Å². The number of ether oxygens (including phenoxy) is 2. The number of hydrogen-bond acceptors (Lipinski definition) is 6. The quantitative estimate of drug-likeness (QED) is 0.188. The van der Waals surface area contributed by atoms with E-state index in [1.807, 2.05) is 6.07 Å². The first-order chi connectivity index (χ1) is 21.3. The molecule has 4 fully saturated rings. The second kappa shape index (κ2) is 12.2. The van der Waals surface area contributed by atoms with Crippen molar-refractivity contribution in [3.05, 3.63) is 23.3 Å². The molecular formula is C37H54N2O5. The average Bonchev–Trinajstić information content (AvgIpc) is 3.58. The summed E-state index contributed by atoms with van der Waals surface area (Å²) in [6.07, 6.45) is 15.5. The molecule has 1 spiro atoms. The van der Waals surface area contributed by atoms with Gasteiger partial charge in [0.05, 0.1) is 12.1 Å². The van der Waals surface area contributed by atoms with Gasteiger partial charge in [-0.25, -0.2) is 0 Å². The van der Waals surface area contributed by atoms with Gasteiger partial charge in [-0.1, -0.05) is 64.9 Å². The lowest BCUT2D eigenvalue weighted by molar-refractivity contribution is -0.143. The van der Waals surface area contributed by atoms with Gasteiger partial charge in [-0.2, -0.15) is 0 Å². The SMILES string of the molecule is CC(=O)Oc1ccc2c3c1O[C@H]1[C@H](N(CC(C)C)C(=O)CCCCC4CCCCC4)CC[C@H]4[C@@H](C2)N(CC2CC2O)CC[C@@]341. The minimum absolute atomic E-state index is 0.0143. The Morgan fingerprint density at radius 2 is 1.93 bits per heavy atom. The summed E-state index contributed by atoms with van der Waals surface area (Å²) in [7, 11) is 0. The molecule has 7 atom stereocenters. The monoisotopic (exact) mass is 606 g/mol. The molecule has 3 saturated carbocycles. The molecule has 7 nitrogen and oxygen atoms in total. The highest BCUT2D eigenvalue weighted by atomic mass is 16.6. The van der Waals surface area contributed by atoms with E-state index in [2.05, 4.69) is 29.7 Å². The second-order valence-electron chi connectivity index (χ2n) is 15.6. The number of nitrogens with zero attached hydrogens (tertiary/aromatic N) is 2. The summed E-state index contributed by atoms with van der Waals surface area (Å²) in [5, 5.41) is 10.2.